The summed E-state index contributed by atoms with van der Waals surface area (Å²) in [7, 11) is 1.42. The third-order valence-corrected chi connectivity index (χ3v) is 4.26. The predicted molar refractivity (Wildman–Crippen MR) is 95.6 cm³/mol. The van der Waals surface area contributed by atoms with Crippen molar-refractivity contribution < 1.29 is 18.7 Å². The van der Waals surface area contributed by atoms with Gasteiger partial charge in [0.05, 0.1) is 11.1 Å². The lowest BCUT2D eigenvalue weighted by Crippen LogP contribution is -2.23. The van der Waals surface area contributed by atoms with Crippen LogP contribution in [0.5, 0.6) is 0 Å². The van der Waals surface area contributed by atoms with Crippen molar-refractivity contribution >= 4 is 51.0 Å². The van der Waals surface area contributed by atoms with Crippen molar-refractivity contribution in [1.82, 2.24) is 4.57 Å². The number of carbonyl (C=O) groups is 1. The van der Waals surface area contributed by atoms with Crippen LogP contribution < -0.4 is 10.9 Å². The molecule has 1 aromatic carbocycles. The van der Waals surface area contributed by atoms with E-state index in [1.54, 1.807) is 13.0 Å². The minimum absolute atomic E-state index is 0.0310. The summed E-state index contributed by atoms with van der Waals surface area (Å²) in [6.45, 7) is 1.62. The molecule has 6 nitrogen and oxygen atoms in total. The van der Waals surface area contributed by atoms with Crippen LogP contribution in [0.2, 0.25) is 0 Å². The second-order valence-electron chi connectivity index (χ2n) is 5.24. The molecule has 0 atom stereocenters. The Kier molecular flexibility index (Phi) is 4.08. The van der Waals surface area contributed by atoms with E-state index in [2.05, 4.69) is 5.32 Å². The molecule has 0 aliphatic rings. The minimum atomic E-state index is -1.28. The molecule has 0 fully saturated rings. The molecule has 3 rings (SSSR count). The molecule has 0 aliphatic heterocycles. The lowest BCUT2D eigenvalue weighted by atomic mass is 10.2. The number of anilines is 2. The van der Waals surface area contributed by atoms with Gasteiger partial charge in [0.2, 0.25) is 0 Å². The van der Waals surface area contributed by atoms with Crippen LogP contribution in [0.25, 0.3) is 11.0 Å². The Morgan fingerprint density at radius 2 is 2.08 bits per heavy atom. The average molecular weight is 442 g/mol. The van der Waals surface area contributed by atoms with Crippen molar-refractivity contribution in [3.05, 3.63) is 55.3 Å². The van der Waals surface area contributed by atoms with Gasteiger partial charge in [0.1, 0.15) is 23.0 Å². The van der Waals surface area contributed by atoms with E-state index in [1.807, 2.05) is 22.6 Å². The highest BCUT2D eigenvalue weighted by molar-refractivity contribution is 14.1. The van der Waals surface area contributed by atoms with E-state index >= 15 is 0 Å². The van der Waals surface area contributed by atoms with E-state index in [-0.39, 0.29) is 28.0 Å². The molecule has 2 heterocycles. The quantitative estimate of drug-likeness (QED) is 0.606. The molecule has 0 saturated heterocycles. The normalized spacial score (nSPS) is 11.0. The summed E-state index contributed by atoms with van der Waals surface area (Å²) in [6.07, 6.45) is 0. The summed E-state index contributed by atoms with van der Waals surface area (Å²) in [5.74, 6) is -1.46. The Morgan fingerprint density at radius 1 is 1.38 bits per heavy atom. The second-order valence-corrected chi connectivity index (χ2v) is 6.49. The summed E-state index contributed by atoms with van der Waals surface area (Å²) in [5, 5.41) is 12.4. The standard InChI is InChI=1S/C16H12FIN2O4/c1-7-5-9-13(24-7)12(16(22)23)14(20(2)15(9)21)19-11-4-3-8(18)6-10(11)17/h3-6,19H,1-2H3,(H,22,23). The van der Waals surface area contributed by atoms with Gasteiger partial charge < -0.3 is 14.8 Å². The maximum absolute atomic E-state index is 14.1. The summed E-state index contributed by atoms with van der Waals surface area (Å²) in [6, 6.07) is 5.93. The summed E-state index contributed by atoms with van der Waals surface area (Å²) in [4.78, 5) is 24.2. The molecular weight excluding hydrogens is 430 g/mol. The van der Waals surface area contributed by atoms with Crippen molar-refractivity contribution in [2.45, 2.75) is 6.92 Å². The lowest BCUT2D eigenvalue weighted by molar-refractivity contribution is 0.0698. The van der Waals surface area contributed by atoms with Crippen molar-refractivity contribution in [3.63, 3.8) is 0 Å². The van der Waals surface area contributed by atoms with Gasteiger partial charge in [0.15, 0.2) is 5.58 Å². The van der Waals surface area contributed by atoms with Gasteiger partial charge in [-0.05, 0) is 53.8 Å². The van der Waals surface area contributed by atoms with Gasteiger partial charge in [-0.2, -0.15) is 0 Å². The minimum Gasteiger partial charge on any atom is -0.477 e. The molecule has 124 valence electrons. The first kappa shape index (κ1) is 16.5. The molecule has 0 unspecified atom stereocenters. The van der Waals surface area contributed by atoms with Crippen LogP contribution in [-0.2, 0) is 7.05 Å². The lowest BCUT2D eigenvalue weighted by Gasteiger charge is -2.15. The van der Waals surface area contributed by atoms with E-state index in [0.29, 0.717) is 9.33 Å². The van der Waals surface area contributed by atoms with Crippen molar-refractivity contribution in [2.24, 2.45) is 7.05 Å². The maximum atomic E-state index is 14.1. The molecule has 3 aromatic rings. The second kappa shape index (κ2) is 5.93. The molecule has 8 heteroatoms. The van der Waals surface area contributed by atoms with Gasteiger partial charge in [-0.15, -0.1) is 0 Å². The van der Waals surface area contributed by atoms with Gasteiger partial charge >= 0.3 is 5.97 Å². The number of aryl methyl sites for hydroxylation is 1. The Hall–Kier alpha value is -2.36. The smallest absolute Gasteiger partial charge is 0.343 e. The number of furan rings is 1. The van der Waals surface area contributed by atoms with E-state index in [0.717, 1.165) is 4.57 Å². The van der Waals surface area contributed by atoms with Crippen molar-refractivity contribution in [1.29, 1.82) is 0 Å². The van der Waals surface area contributed by atoms with E-state index in [9.17, 15) is 19.1 Å². The molecule has 24 heavy (non-hydrogen) atoms. The van der Waals surface area contributed by atoms with Gasteiger partial charge in [0.25, 0.3) is 5.56 Å². The van der Waals surface area contributed by atoms with Gasteiger partial charge in [-0.25, -0.2) is 9.18 Å². The number of carboxylic acids is 1. The first-order chi connectivity index (χ1) is 11.3. The zero-order valence-corrected chi connectivity index (χ0v) is 14.8. The maximum Gasteiger partial charge on any atom is 0.343 e. The van der Waals surface area contributed by atoms with Gasteiger partial charge in [-0.3, -0.25) is 9.36 Å². The Labute approximate surface area is 149 Å². The number of fused-ring (bicyclic) bond motifs is 1. The number of hydrogen-bond donors (Lipinski definition) is 2. The summed E-state index contributed by atoms with van der Waals surface area (Å²) < 4.78 is 21.3. The number of halogens is 2. The number of aromatic carboxylic acids is 1. The third kappa shape index (κ3) is 2.66. The molecule has 2 aromatic heterocycles. The number of benzene rings is 1. The van der Waals surface area contributed by atoms with Crippen LogP contribution in [0.4, 0.5) is 15.9 Å². The van der Waals surface area contributed by atoms with Crippen molar-refractivity contribution in [3.8, 4) is 0 Å². The topological polar surface area (TPSA) is 84.5 Å². The van der Waals surface area contributed by atoms with Gasteiger partial charge in [0, 0.05) is 10.6 Å². The first-order valence-corrected chi connectivity index (χ1v) is 7.96. The van der Waals surface area contributed by atoms with Crippen LogP contribution >= 0.6 is 22.6 Å². The fourth-order valence-electron chi connectivity index (χ4n) is 2.48. The predicted octanol–water partition coefficient (Wildman–Crippen LogP) is 3.63. The molecule has 2 N–H and O–H groups in total. The molecule has 0 spiro atoms. The number of aromatic nitrogens is 1. The Bertz CT molecular complexity index is 1040. The average Bonchev–Trinajstić information content (AvgIpc) is 2.88. The van der Waals surface area contributed by atoms with Crippen molar-refractivity contribution in [2.75, 3.05) is 5.32 Å². The number of nitrogens with one attached hydrogen (secondary N) is 1. The van der Waals surface area contributed by atoms with E-state index < -0.39 is 17.3 Å². The van der Waals surface area contributed by atoms with E-state index in [1.165, 1.54) is 25.2 Å². The largest absolute Gasteiger partial charge is 0.477 e. The van der Waals surface area contributed by atoms with Crippen LogP contribution in [0, 0.1) is 16.3 Å². The number of pyridine rings is 1. The molecule has 0 amide bonds. The Morgan fingerprint density at radius 3 is 2.71 bits per heavy atom. The number of carboxylic acid groups (broad SMARTS) is 1. The molecule has 0 radical (unpaired) electrons. The highest BCUT2D eigenvalue weighted by Gasteiger charge is 2.24. The highest BCUT2D eigenvalue weighted by Crippen LogP contribution is 2.29. The fourth-order valence-corrected chi connectivity index (χ4v) is 2.93. The highest BCUT2D eigenvalue weighted by atomic mass is 127. The molecule has 0 bridgehead atoms. The summed E-state index contributed by atoms with van der Waals surface area (Å²) >= 11 is 1.96. The van der Waals surface area contributed by atoms with Crippen LogP contribution in [0.3, 0.4) is 0 Å². The van der Waals surface area contributed by atoms with Crippen LogP contribution in [0.1, 0.15) is 16.1 Å². The number of hydrogen-bond acceptors (Lipinski definition) is 4. The monoisotopic (exact) mass is 442 g/mol. The van der Waals surface area contributed by atoms with E-state index in [4.69, 9.17) is 4.42 Å². The molecular formula is C16H12FIN2O4. The van der Waals surface area contributed by atoms with Crippen LogP contribution in [-0.4, -0.2) is 15.6 Å². The number of nitrogens with zero attached hydrogens (tertiary/aromatic N) is 1. The Balaban J connectivity index is 2.30. The molecule has 0 aliphatic carbocycles. The fraction of sp³-hybridized carbons (Fsp3) is 0.125. The van der Waals surface area contributed by atoms with Gasteiger partial charge in [-0.1, -0.05) is 0 Å². The molecule has 0 saturated carbocycles. The summed E-state index contributed by atoms with van der Waals surface area (Å²) in [5.41, 5.74) is -0.620. The first-order valence-electron chi connectivity index (χ1n) is 6.88. The van der Waals surface area contributed by atoms with Crippen LogP contribution in [0.15, 0.2) is 33.5 Å². The zero-order chi connectivity index (χ0) is 17.6. The third-order valence-electron chi connectivity index (χ3n) is 3.59. The SMILES string of the molecule is Cc1cc2c(=O)n(C)c(Nc3ccc(I)cc3F)c(C(=O)O)c2o1. The zero-order valence-electron chi connectivity index (χ0n) is 12.7. The number of rotatable bonds is 3.